The third-order valence-corrected chi connectivity index (χ3v) is 14.7. The molecule has 0 bridgehead atoms. The molecule has 0 spiro atoms. The van der Waals surface area contributed by atoms with Crippen LogP contribution in [-0.4, -0.2) is 19.9 Å². The number of hydrogen-bond donors (Lipinski definition) is 0. The van der Waals surface area contributed by atoms with Gasteiger partial charge in [0.2, 0.25) is 0 Å². The lowest BCUT2D eigenvalue weighted by atomic mass is 9.62. The van der Waals surface area contributed by atoms with Gasteiger partial charge in [0.05, 0.1) is 44.6 Å². The van der Waals surface area contributed by atoms with E-state index in [0.29, 0.717) is 0 Å². The number of rotatable bonds is 6. The molecular weight excluding hydrogens is 853 g/mol. The Morgan fingerprint density at radius 1 is 0.257 bits per heavy atom. The molecule has 6 nitrogen and oxygen atoms in total. The molecule has 5 heterocycles. The van der Waals surface area contributed by atoms with Crippen LogP contribution in [0, 0.1) is 0 Å². The van der Waals surface area contributed by atoms with Gasteiger partial charge in [-0.25, -0.2) is 9.97 Å². The molecule has 12 aromatic rings. The molecule has 0 saturated heterocycles. The van der Waals surface area contributed by atoms with E-state index in [9.17, 15) is 0 Å². The van der Waals surface area contributed by atoms with Crippen molar-refractivity contribution in [2.75, 3.05) is 9.80 Å². The number of pyridine rings is 2. The van der Waals surface area contributed by atoms with E-state index in [1.165, 1.54) is 44.5 Å². The zero-order valence-electron chi connectivity index (χ0n) is 37.9. The largest absolute Gasteiger partial charge is 0.294 e. The van der Waals surface area contributed by atoms with Crippen molar-refractivity contribution in [3.05, 3.63) is 300 Å². The number of benzene rings is 9. The van der Waals surface area contributed by atoms with Crippen molar-refractivity contribution in [3.8, 4) is 0 Å². The van der Waals surface area contributed by atoms with Gasteiger partial charge < -0.3 is 0 Å². The van der Waals surface area contributed by atoms with Crippen LogP contribution in [0.4, 0.5) is 34.4 Å². The van der Waals surface area contributed by atoms with Crippen LogP contribution >= 0.6 is 0 Å². The molecule has 0 radical (unpaired) electrons. The molecule has 0 saturated carbocycles. The van der Waals surface area contributed by atoms with Crippen molar-refractivity contribution >= 4 is 67.2 Å². The molecule has 0 unspecified atom stereocenters. The third kappa shape index (κ3) is 5.56. The first-order valence-corrected chi connectivity index (χ1v) is 23.8. The molecule has 0 fully saturated rings. The average molecular weight is 895 g/mol. The number of para-hydroxylation sites is 4. The SMILES string of the molecule is c1ccc(C2(c3ccccc3)c3ccccc3N(c3ccc4c5nccnc5c5ccc(N6c7ccccc7C(c7ccccc7)(c7ccccc7)c7ccccc76)nc5c4n3)c3ccccc32)cc1. The molecule has 14 rings (SSSR count). The lowest BCUT2D eigenvalue weighted by molar-refractivity contribution is 0.730. The van der Waals surface area contributed by atoms with Gasteiger partial charge in [0, 0.05) is 23.2 Å². The minimum absolute atomic E-state index is 0.600. The van der Waals surface area contributed by atoms with Crippen molar-refractivity contribution in [1.29, 1.82) is 0 Å². The van der Waals surface area contributed by atoms with Gasteiger partial charge in [0.1, 0.15) is 22.7 Å². The van der Waals surface area contributed by atoms with Crippen LogP contribution in [0.15, 0.2) is 255 Å². The Kier molecular flexibility index (Phi) is 8.92. The number of nitrogens with zero attached hydrogens (tertiary/aromatic N) is 6. The quantitative estimate of drug-likeness (QED) is 0.155. The zero-order chi connectivity index (χ0) is 46.2. The van der Waals surface area contributed by atoms with Crippen LogP contribution in [0.25, 0.3) is 32.8 Å². The van der Waals surface area contributed by atoms with Crippen LogP contribution in [0.1, 0.15) is 44.5 Å². The summed E-state index contributed by atoms with van der Waals surface area (Å²) in [6, 6.07) is 87.4. The molecule has 0 atom stereocenters. The molecule has 328 valence electrons. The van der Waals surface area contributed by atoms with Gasteiger partial charge in [-0.2, -0.15) is 0 Å². The predicted octanol–water partition coefficient (Wildman–Crippen LogP) is 15.1. The van der Waals surface area contributed by atoms with Crippen molar-refractivity contribution in [3.63, 3.8) is 0 Å². The first-order chi connectivity index (χ1) is 34.8. The molecule has 3 aromatic heterocycles. The Balaban J connectivity index is 1.02. The summed E-state index contributed by atoms with van der Waals surface area (Å²) in [5.41, 5.74) is 15.6. The number of anilines is 6. The second kappa shape index (κ2) is 15.7. The predicted molar refractivity (Wildman–Crippen MR) is 283 cm³/mol. The summed E-state index contributed by atoms with van der Waals surface area (Å²) in [4.78, 5) is 26.0. The van der Waals surface area contributed by atoms with E-state index in [1.54, 1.807) is 12.4 Å². The highest BCUT2D eigenvalue weighted by molar-refractivity contribution is 6.21. The fourth-order valence-corrected chi connectivity index (χ4v) is 11.9. The highest BCUT2D eigenvalue weighted by Crippen LogP contribution is 2.59. The minimum atomic E-state index is -0.600. The van der Waals surface area contributed by atoms with E-state index in [0.717, 1.165) is 67.2 Å². The minimum Gasteiger partial charge on any atom is -0.294 e. The number of hydrogen-bond acceptors (Lipinski definition) is 6. The van der Waals surface area contributed by atoms with Gasteiger partial charge in [0.15, 0.2) is 0 Å². The second-order valence-electron chi connectivity index (χ2n) is 18.1. The molecular formula is C64H42N6. The number of fused-ring (bicyclic) bond motifs is 10. The molecule has 0 N–H and O–H groups in total. The lowest BCUT2D eigenvalue weighted by Crippen LogP contribution is -2.37. The van der Waals surface area contributed by atoms with E-state index in [2.05, 4.69) is 252 Å². The third-order valence-electron chi connectivity index (χ3n) is 14.7. The standard InChI is InChI=1S/C64H42N6/c1-5-21-43(22-6-1)63(44-23-7-2-8-24-44)49-29-13-17-33-53(49)69(54-34-18-14-30-50(54)63)57-39-37-47-59-60(66-42-41-65-59)48-38-40-58(68-62(48)61(47)67-57)70-55-35-19-15-31-51(55)64(45-25-9-3-10-26-45,46-27-11-4-12-28-46)52-32-16-20-36-56(52)70/h1-42H. The molecule has 0 aliphatic carbocycles. The summed E-state index contributed by atoms with van der Waals surface area (Å²) >= 11 is 0. The maximum Gasteiger partial charge on any atom is 0.138 e. The van der Waals surface area contributed by atoms with Crippen LogP contribution in [0.3, 0.4) is 0 Å². The first-order valence-electron chi connectivity index (χ1n) is 23.8. The normalized spacial score (nSPS) is 14.2. The van der Waals surface area contributed by atoms with Crippen LogP contribution in [-0.2, 0) is 10.8 Å². The van der Waals surface area contributed by atoms with E-state index in [1.807, 2.05) is 0 Å². The van der Waals surface area contributed by atoms with Crippen molar-refractivity contribution in [2.24, 2.45) is 0 Å². The first kappa shape index (κ1) is 39.9. The highest BCUT2D eigenvalue weighted by Gasteiger charge is 2.48. The maximum absolute atomic E-state index is 5.72. The number of aromatic nitrogens is 4. The van der Waals surface area contributed by atoms with Crippen molar-refractivity contribution in [2.45, 2.75) is 10.8 Å². The van der Waals surface area contributed by atoms with Crippen LogP contribution in [0.5, 0.6) is 0 Å². The Morgan fingerprint density at radius 3 is 0.829 bits per heavy atom. The Hall–Kier alpha value is -9.26. The summed E-state index contributed by atoms with van der Waals surface area (Å²) in [5, 5.41) is 1.77. The van der Waals surface area contributed by atoms with E-state index in [4.69, 9.17) is 19.9 Å². The maximum atomic E-state index is 5.72. The van der Waals surface area contributed by atoms with E-state index in [-0.39, 0.29) is 0 Å². The summed E-state index contributed by atoms with van der Waals surface area (Å²) in [6.45, 7) is 0. The van der Waals surface area contributed by atoms with Gasteiger partial charge >= 0.3 is 0 Å². The highest BCUT2D eigenvalue weighted by atomic mass is 15.2. The topological polar surface area (TPSA) is 58.0 Å². The van der Waals surface area contributed by atoms with Crippen LogP contribution in [0.2, 0.25) is 0 Å². The van der Waals surface area contributed by atoms with Crippen molar-refractivity contribution in [1.82, 2.24) is 19.9 Å². The lowest BCUT2D eigenvalue weighted by Gasteiger charge is -2.46. The smallest absolute Gasteiger partial charge is 0.138 e. The van der Waals surface area contributed by atoms with Gasteiger partial charge in [-0.1, -0.05) is 194 Å². The van der Waals surface area contributed by atoms with E-state index >= 15 is 0 Å². The summed E-state index contributed by atoms with van der Waals surface area (Å²) < 4.78 is 0. The summed E-state index contributed by atoms with van der Waals surface area (Å²) in [7, 11) is 0. The second-order valence-corrected chi connectivity index (χ2v) is 18.1. The Morgan fingerprint density at radius 2 is 0.529 bits per heavy atom. The molecule has 2 aliphatic heterocycles. The van der Waals surface area contributed by atoms with E-state index < -0.39 is 10.8 Å². The van der Waals surface area contributed by atoms with Crippen molar-refractivity contribution < 1.29 is 0 Å². The molecule has 6 heteroatoms. The van der Waals surface area contributed by atoms with Crippen LogP contribution < -0.4 is 9.80 Å². The van der Waals surface area contributed by atoms with Gasteiger partial charge in [-0.3, -0.25) is 19.8 Å². The van der Waals surface area contributed by atoms with Gasteiger partial charge in [-0.15, -0.1) is 0 Å². The molecule has 0 amide bonds. The zero-order valence-corrected chi connectivity index (χ0v) is 37.9. The molecule has 70 heavy (non-hydrogen) atoms. The molecule has 9 aromatic carbocycles. The monoisotopic (exact) mass is 894 g/mol. The van der Waals surface area contributed by atoms with Gasteiger partial charge in [0.25, 0.3) is 0 Å². The Labute approximate surface area is 405 Å². The fraction of sp³-hybridized carbons (Fsp3) is 0.0312. The average Bonchev–Trinajstić information content (AvgIpc) is 3.45. The Bertz CT molecular complexity index is 3530. The fourth-order valence-electron chi connectivity index (χ4n) is 11.9. The summed E-state index contributed by atoms with van der Waals surface area (Å²) in [6.07, 6.45) is 3.53. The van der Waals surface area contributed by atoms with Gasteiger partial charge in [-0.05, 0) is 93.0 Å². The summed E-state index contributed by atoms with van der Waals surface area (Å²) in [5.74, 6) is 1.56. The molecule has 2 aliphatic rings.